The SMILES string of the molecule is BrCCn1cnc(Br)c1Br. The molecule has 2 nitrogen and oxygen atoms in total. The largest absolute Gasteiger partial charge is 0.324 e. The first kappa shape index (κ1) is 8.74. The molecule has 0 saturated heterocycles. The van der Waals surface area contributed by atoms with E-state index in [1.54, 1.807) is 6.33 Å². The summed E-state index contributed by atoms with van der Waals surface area (Å²) in [5.41, 5.74) is 0. The van der Waals surface area contributed by atoms with Crippen LogP contribution in [0.2, 0.25) is 0 Å². The highest BCUT2D eigenvalue weighted by Gasteiger charge is 2.02. The van der Waals surface area contributed by atoms with E-state index in [1.165, 1.54) is 0 Å². The molecular weight excluding hydrogens is 328 g/mol. The number of alkyl halides is 1. The molecule has 0 radical (unpaired) electrons. The Bertz CT molecular complexity index is 221. The van der Waals surface area contributed by atoms with Gasteiger partial charge in [-0.15, -0.1) is 0 Å². The first-order valence-electron chi connectivity index (χ1n) is 2.68. The number of hydrogen-bond acceptors (Lipinski definition) is 1. The van der Waals surface area contributed by atoms with Crippen molar-refractivity contribution >= 4 is 47.8 Å². The van der Waals surface area contributed by atoms with Crippen molar-refractivity contribution in [2.45, 2.75) is 6.54 Å². The van der Waals surface area contributed by atoms with Crippen molar-refractivity contribution in [1.82, 2.24) is 9.55 Å². The lowest BCUT2D eigenvalue weighted by atomic mass is 10.7. The first-order chi connectivity index (χ1) is 4.75. The maximum Gasteiger partial charge on any atom is 0.138 e. The van der Waals surface area contributed by atoms with Gasteiger partial charge in [-0.2, -0.15) is 0 Å². The summed E-state index contributed by atoms with van der Waals surface area (Å²) in [5.74, 6) is 0. The van der Waals surface area contributed by atoms with E-state index in [9.17, 15) is 0 Å². The molecule has 0 fully saturated rings. The minimum absolute atomic E-state index is 0.855. The van der Waals surface area contributed by atoms with Gasteiger partial charge in [-0.05, 0) is 31.9 Å². The Kier molecular flexibility index (Phi) is 3.39. The highest BCUT2D eigenvalue weighted by Crippen LogP contribution is 2.20. The monoisotopic (exact) mass is 330 g/mol. The third-order valence-electron chi connectivity index (χ3n) is 1.06. The normalized spacial score (nSPS) is 10.3. The molecule has 0 aliphatic heterocycles. The summed E-state index contributed by atoms with van der Waals surface area (Å²) in [6.07, 6.45) is 1.79. The smallest absolute Gasteiger partial charge is 0.138 e. The van der Waals surface area contributed by atoms with E-state index in [0.29, 0.717) is 0 Å². The summed E-state index contributed by atoms with van der Waals surface area (Å²) in [5, 5.41) is 0.939. The standard InChI is InChI=1S/C5H5Br3N2/c6-1-2-10-3-9-4(7)5(10)8/h3H,1-2H2. The van der Waals surface area contributed by atoms with E-state index in [0.717, 1.165) is 21.1 Å². The highest BCUT2D eigenvalue weighted by atomic mass is 79.9. The van der Waals surface area contributed by atoms with E-state index in [4.69, 9.17) is 0 Å². The second-order valence-electron chi connectivity index (χ2n) is 1.71. The molecule has 0 bridgehead atoms. The Morgan fingerprint density at radius 2 is 2.20 bits per heavy atom. The molecule has 1 aromatic heterocycles. The van der Waals surface area contributed by atoms with E-state index >= 15 is 0 Å². The Balaban J connectivity index is 2.83. The lowest BCUT2D eigenvalue weighted by Crippen LogP contribution is -1.96. The first-order valence-corrected chi connectivity index (χ1v) is 5.38. The van der Waals surface area contributed by atoms with Crippen LogP contribution >= 0.6 is 47.8 Å². The van der Waals surface area contributed by atoms with Crippen molar-refractivity contribution in [2.75, 3.05) is 5.33 Å². The van der Waals surface area contributed by atoms with Gasteiger partial charge in [-0.1, -0.05) is 15.9 Å². The molecule has 0 amide bonds. The highest BCUT2D eigenvalue weighted by molar-refractivity contribution is 9.13. The molecule has 0 saturated carbocycles. The van der Waals surface area contributed by atoms with Crippen LogP contribution in [-0.4, -0.2) is 14.9 Å². The summed E-state index contributed by atoms with van der Waals surface area (Å²) in [6.45, 7) is 0.930. The zero-order valence-corrected chi connectivity index (χ0v) is 9.78. The van der Waals surface area contributed by atoms with Crippen LogP contribution in [0, 0.1) is 0 Å². The van der Waals surface area contributed by atoms with Gasteiger partial charge in [0.05, 0.1) is 6.33 Å². The average Bonchev–Trinajstić information content (AvgIpc) is 2.20. The van der Waals surface area contributed by atoms with Crippen LogP contribution in [0.4, 0.5) is 0 Å². The molecule has 0 aliphatic carbocycles. The molecule has 0 aliphatic rings. The number of imidazole rings is 1. The third kappa shape index (κ3) is 1.83. The number of nitrogens with zero attached hydrogens (tertiary/aromatic N) is 2. The van der Waals surface area contributed by atoms with Crippen LogP contribution < -0.4 is 0 Å². The van der Waals surface area contributed by atoms with E-state index < -0.39 is 0 Å². The summed E-state index contributed by atoms with van der Waals surface area (Å²) in [6, 6.07) is 0. The summed E-state index contributed by atoms with van der Waals surface area (Å²) >= 11 is 10.0. The lowest BCUT2D eigenvalue weighted by molar-refractivity contribution is 0.757. The van der Waals surface area contributed by atoms with Gasteiger partial charge >= 0.3 is 0 Å². The van der Waals surface area contributed by atoms with Gasteiger partial charge < -0.3 is 4.57 Å². The quantitative estimate of drug-likeness (QED) is 0.762. The Labute approximate surface area is 84.4 Å². The topological polar surface area (TPSA) is 17.8 Å². The molecule has 56 valence electrons. The number of hydrogen-bond donors (Lipinski definition) is 0. The predicted molar refractivity (Wildman–Crippen MR) is 51.4 cm³/mol. The Morgan fingerprint density at radius 3 is 2.60 bits per heavy atom. The molecule has 0 N–H and O–H groups in total. The van der Waals surface area contributed by atoms with E-state index in [2.05, 4.69) is 52.8 Å². The van der Waals surface area contributed by atoms with Crippen LogP contribution in [0.1, 0.15) is 0 Å². The summed E-state index contributed by atoms with van der Waals surface area (Å²) < 4.78 is 3.86. The molecule has 1 rings (SSSR count). The summed E-state index contributed by atoms with van der Waals surface area (Å²) in [7, 11) is 0. The van der Waals surface area contributed by atoms with Gasteiger partial charge in [0.1, 0.15) is 9.21 Å². The molecule has 10 heavy (non-hydrogen) atoms. The van der Waals surface area contributed by atoms with Crippen LogP contribution in [0.15, 0.2) is 15.5 Å². The molecule has 1 aromatic rings. The maximum atomic E-state index is 4.05. The van der Waals surface area contributed by atoms with Gasteiger partial charge in [-0.3, -0.25) is 0 Å². The number of aromatic nitrogens is 2. The van der Waals surface area contributed by atoms with Crippen molar-refractivity contribution in [3.63, 3.8) is 0 Å². The molecule has 0 atom stereocenters. The average molecular weight is 333 g/mol. The van der Waals surface area contributed by atoms with Crippen molar-refractivity contribution in [1.29, 1.82) is 0 Å². The van der Waals surface area contributed by atoms with Crippen molar-refractivity contribution < 1.29 is 0 Å². The maximum absolute atomic E-state index is 4.05. The van der Waals surface area contributed by atoms with Crippen molar-refractivity contribution in [3.05, 3.63) is 15.5 Å². The van der Waals surface area contributed by atoms with Gasteiger partial charge in [-0.25, -0.2) is 4.98 Å². The Hall–Kier alpha value is 0.650. The molecule has 1 heterocycles. The van der Waals surface area contributed by atoms with Crippen LogP contribution in [0.25, 0.3) is 0 Å². The van der Waals surface area contributed by atoms with E-state index in [1.807, 2.05) is 4.57 Å². The molecule has 5 heteroatoms. The van der Waals surface area contributed by atoms with Crippen LogP contribution in [-0.2, 0) is 6.54 Å². The van der Waals surface area contributed by atoms with Crippen LogP contribution in [0.3, 0.4) is 0 Å². The second-order valence-corrected chi connectivity index (χ2v) is 4.00. The zero-order chi connectivity index (χ0) is 7.56. The minimum atomic E-state index is 0.855. The van der Waals surface area contributed by atoms with Crippen molar-refractivity contribution in [2.24, 2.45) is 0 Å². The fraction of sp³-hybridized carbons (Fsp3) is 0.400. The fourth-order valence-corrected chi connectivity index (χ4v) is 1.66. The minimum Gasteiger partial charge on any atom is -0.324 e. The van der Waals surface area contributed by atoms with Crippen LogP contribution in [0.5, 0.6) is 0 Å². The summed E-state index contributed by atoms with van der Waals surface area (Å²) in [4.78, 5) is 4.05. The molecule has 0 unspecified atom stereocenters. The number of aryl methyl sites for hydroxylation is 1. The van der Waals surface area contributed by atoms with Gasteiger partial charge in [0.2, 0.25) is 0 Å². The lowest BCUT2D eigenvalue weighted by Gasteiger charge is -1.97. The zero-order valence-electron chi connectivity index (χ0n) is 5.02. The van der Waals surface area contributed by atoms with Gasteiger partial charge in [0.15, 0.2) is 0 Å². The molecule has 0 aromatic carbocycles. The number of halogens is 3. The third-order valence-corrected chi connectivity index (χ3v) is 3.36. The molecule has 0 spiro atoms. The second kappa shape index (κ2) is 3.88. The van der Waals surface area contributed by atoms with E-state index in [-0.39, 0.29) is 0 Å². The van der Waals surface area contributed by atoms with Crippen molar-refractivity contribution in [3.8, 4) is 0 Å². The van der Waals surface area contributed by atoms with Gasteiger partial charge in [0.25, 0.3) is 0 Å². The fourth-order valence-electron chi connectivity index (χ4n) is 0.590. The molecular formula is C5H5Br3N2. The van der Waals surface area contributed by atoms with Gasteiger partial charge in [0, 0.05) is 11.9 Å². The Morgan fingerprint density at radius 1 is 1.50 bits per heavy atom. The number of rotatable bonds is 2. The predicted octanol–water partition coefficient (Wildman–Crippen LogP) is 2.80.